The van der Waals surface area contributed by atoms with Gasteiger partial charge < -0.3 is 5.73 Å². The molecule has 1 heterocycles. The minimum absolute atomic E-state index is 0.257. The largest absolute Gasteiger partial charge is 0.326 e. The molecule has 2 rings (SSSR count). The summed E-state index contributed by atoms with van der Waals surface area (Å²) < 4.78 is 1.18. The monoisotopic (exact) mass is 310 g/mol. The van der Waals surface area contributed by atoms with Crippen LogP contribution in [0.1, 0.15) is 43.4 Å². The molecule has 0 spiro atoms. The van der Waals surface area contributed by atoms with Crippen molar-refractivity contribution in [2.75, 3.05) is 13.1 Å². The Kier molecular flexibility index (Phi) is 4.82. The van der Waals surface area contributed by atoms with Gasteiger partial charge in [0.1, 0.15) is 0 Å². The zero-order chi connectivity index (χ0) is 13.1. The molecule has 1 aliphatic rings. The molecule has 1 aromatic rings. The highest BCUT2D eigenvalue weighted by Gasteiger charge is 2.27. The lowest BCUT2D eigenvalue weighted by Gasteiger charge is -2.33. The number of aryl methyl sites for hydroxylation is 1. The molecule has 1 fully saturated rings. The SMILES string of the molecule is CCN1CCCCC(N)C1c1ccc(Br)c(C)c1. The van der Waals surface area contributed by atoms with E-state index in [0.29, 0.717) is 6.04 Å². The van der Waals surface area contributed by atoms with Crippen LogP contribution in [0.15, 0.2) is 22.7 Å². The van der Waals surface area contributed by atoms with Gasteiger partial charge >= 0.3 is 0 Å². The van der Waals surface area contributed by atoms with E-state index in [1.807, 2.05) is 0 Å². The Balaban J connectivity index is 2.33. The first kappa shape index (κ1) is 14.0. The highest BCUT2D eigenvalue weighted by atomic mass is 79.9. The molecule has 0 amide bonds. The van der Waals surface area contributed by atoms with Gasteiger partial charge in [-0.3, -0.25) is 4.90 Å². The fourth-order valence-electron chi connectivity index (χ4n) is 2.93. The van der Waals surface area contributed by atoms with Crippen LogP contribution in [0.5, 0.6) is 0 Å². The van der Waals surface area contributed by atoms with Gasteiger partial charge in [-0.05, 0) is 50.0 Å². The molecule has 1 aliphatic heterocycles. The molecule has 0 aliphatic carbocycles. The van der Waals surface area contributed by atoms with Crippen molar-refractivity contribution in [3.63, 3.8) is 0 Å². The maximum Gasteiger partial charge on any atom is 0.0499 e. The molecule has 3 heteroatoms. The summed E-state index contributed by atoms with van der Waals surface area (Å²) in [6.45, 7) is 6.63. The number of hydrogen-bond acceptors (Lipinski definition) is 2. The number of halogens is 1. The number of hydrogen-bond donors (Lipinski definition) is 1. The zero-order valence-electron chi connectivity index (χ0n) is 11.3. The van der Waals surface area contributed by atoms with E-state index >= 15 is 0 Å². The van der Waals surface area contributed by atoms with Crippen LogP contribution in [-0.4, -0.2) is 24.0 Å². The number of likely N-dealkylation sites (N-methyl/N-ethyl adjacent to an activating group) is 1. The second-order valence-corrected chi connectivity index (χ2v) is 6.10. The summed E-state index contributed by atoms with van der Waals surface area (Å²) in [6.07, 6.45) is 3.66. The Hall–Kier alpha value is -0.380. The Morgan fingerprint density at radius 1 is 1.39 bits per heavy atom. The molecule has 1 saturated heterocycles. The third kappa shape index (κ3) is 2.95. The summed E-state index contributed by atoms with van der Waals surface area (Å²) in [5.41, 5.74) is 9.07. The predicted octanol–water partition coefficient (Wildman–Crippen LogP) is 3.63. The Labute approximate surface area is 119 Å². The van der Waals surface area contributed by atoms with Gasteiger partial charge in [0.15, 0.2) is 0 Å². The number of benzene rings is 1. The summed E-state index contributed by atoms with van der Waals surface area (Å²) in [5.74, 6) is 0. The van der Waals surface area contributed by atoms with Crippen LogP contribution >= 0.6 is 15.9 Å². The molecule has 2 atom stereocenters. The van der Waals surface area contributed by atoms with Gasteiger partial charge in [0.2, 0.25) is 0 Å². The molecular formula is C15H23BrN2. The lowest BCUT2D eigenvalue weighted by Crippen LogP contribution is -2.39. The van der Waals surface area contributed by atoms with Crippen molar-refractivity contribution >= 4 is 15.9 Å². The average molecular weight is 311 g/mol. The first-order valence-electron chi connectivity index (χ1n) is 6.89. The maximum absolute atomic E-state index is 6.41. The smallest absolute Gasteiger partial charge is 0.0499 e. The van der Waals surface area contributed by atoms with Crippen LogP contribution in [-0.2, 0) is 0 Å². The highest BCUT2D eigenvalue weighted by molar-refractivity contribution is 9.10. The van der Waals surface area contributed by atoms with Gasteiger partial charge in [0.25, 0.3) is 0 Å². The number of likely N-dealkylation sites (tertiary alicyclic amines) is 1. The predicted molar refractivity (Wildman–Crippen MR) is 80.7 cm³/mol. The van der Waals surface area contributed by atoms with Crippen molar-refractivity contribution in [1.82, 2.24) is 4.90 Å². The van der Waals surface area contributed by atoms with Crippen molar-refractivity contribution < 1.29 is 0 Å². The van der Waals surface area contributed by atoms with Gasteiger partial charge in [-0.15, -0.1) is 0 Å². The maximum atomic E-state index is 6.41. The lowest BCUT2D eigenvalue weighted by molar-refractivity contribution is 0.195. The summed E-state index contributed by atoms with van der Waals surface area (Å²) in [5, 5.41) is 0. The minimum Gasteiger partial charge on any atom is -0.326 e. The van der Waals surface area contributed by atoms with Crippen LogP contribution in [0.25, 0.3) is 0 Å². The standard InChI is InChI=1S/C15H23BrN2/c1-3-18-9-5-4-6-14(17)15(18)12-7-8-13(16)11(2)10-12/h7-8,10,14-15H,3-6,9,17H2,1-2H3. The van der Waals surface area contributed by atoms with E-state index in [9.17, 15) is 0 Å². The van der Waals surface area contributed by atoms with Gasteiger partial charge in [0, 0.05) is 16.6 Å². The second kappa shape index (κ2) is 6.18. The third-order valence-electron chi connectivity index (χ3n) is 3.96. The molecule has 2 N–H and O–H groups in total. The van der Waals surface area contributed by atoms with Crippen molar-refractivity contribution in [2.24, 2.45) is 5.73 Å². The van der Waals surface area contributed by atoms with Crippen LogP contribution < -0.4 is 5.73 Å². The molecule has 0 aromatic heterocycles. The summed E-state index contributed by atoms with van der Waals surface area (Å²) in [7, 11) is 0. The highest BCUT2D eigenvalue weighted by Crippen LogP contribution is 2.31. The fraction of sp³-hybridized carbons (Fsp3) is 0.600. The van der Waals surface area contributed by atoms with E-state index in [1.165, 1.54) is 35.0 Å². The normalized spacial score (nSPS) is 26.0. The van der Waals surface area contributed by atoms with Crippen LogP contribution in [0, 0.1) is 6.92 Å². The number of nitrogens with zero attached hydrogens (tertiary/aromatic N) is 1. The van der Waals surface area contributed by atoms with Gasteiger partial charge in [-0.1, -0.05) is 41.4 Å². The molecule has 0 saturated carbocycles. The molecular weight excluding hydrogens is 288 g/mol. The van der Waals surface area contributed by atoms with E-state index < -0.39 is 0 Å². The molecule has 0 bridgehead atoms. The van der Waals surface area contributed by atoms with Crippen LogP contribution in [0.4, 0.5) is 0 Å². The third-order valence-corrected chi connectivity index (χ3v) is 4.85. The van der Waals surface area contributed by atoms with E-state index in [4.69, 9.17) is 5.73 Å². The van der Waals surface area contributed by atoms with Crippen molar-refractivity contribution in [3.05, 3.63) is 33.8 Å². The van der Waals surface area contributed by atoms with Crippen LogP contribution in [0.2, 0.25) is 0 Å². The zero-order valence-corrected chi connectivity index (χ0v) is 12.9. The van der Waals surface area contributed by atoms with E-state index in [-0.39, 0.29) is 6.04 Å². The summed E-state index contributed by atoms with van der Waals surface area (Å²) >= 11 is 3.57. The van der Waals surface area contributed by atoms with E-state index in [1.54, 1.807) is 0 Å². The van der Waals surface area contributed by atoms with Gasteiger partial charge in [-0.2, -0.15) is 0 Å². The van der Waals surface area contributed by atoms with E-state index in [2.05, 4.69) is 52.9 Å². The molecule has 100 valence electrons. The van der Waals surface area contributed by atoms with E-state index in [0.717, 1.165) is 13.0 Å². The fourth-order valence-corrected chi connectivity index (χ4v) is 3.17. The first-order chi connectivity index (χ1) is 8.63. The average Bonchev–Trinajstić information content (AvgIpc) is 2.54. The van der Waals surface area contributed by atoms with Crippen molar-refractivity contribution in [1.29, 1.82) is 0 Å². The number of nitrogens with two attached hydrogens (primary N) is 1. The molecule has 2 unspecified atom stereocenters. The summed E-state index contributed by atoms with van der Waals surface area (Å²) in [6, 6.07) is 7.28. The van der Waals surface area contributed by atoms with Crippen molar-refractivity contribution in [2.45, 2.75) is 45.2 Å². The first-order valence-corrected chi connectivity index (χ1v) is 7.68. The lowest BCUT2D eigenvalue weighted by atomic mass is 9.95. The quantitative estimate of drug-likeness (QED) is 0.903. The van der Waals surface area contributed by atoms with Crippen LogP contribution in [0.3, 0.4) is 0 Å². The topological polar surface area (TPSA) is 29.3 Å². The Morgan fingerprint density at radius 3 is 2.83 bits per heavy atom. The van der Waals surface area contributed by atoms with Gasteiger partial charge in [0.05, 0.1) is 0 Å². The molecule has 18 heavy (non-hydrogen) atoms. The number of rotatable bonds is 2. The Bertz CT molecular complexity index is 405. The second-order valence-electron chi connectivity index (χ2n) is 5.24. The molecule has 1 aromatic carbocycles. The molecule has 2 nitrogen and oxygen atoms in total. The minimum atomic E-state index is 0.257. The van der Waals surface area contributed by atoms with Gasteiger partial charge in [-0.25, -0.2) is 0 Å². The molecule has 0 radical (unpaired) electrons. The summed E-state index contributed by atoms with van der Waals surface area (Å²) in [4.78, 5) is 2.53. The van der Waals surface area contributed by atoms with Crippen molar-refractivity contribution in [3.8, 4) is 0 Å². The Morgan fingerprint density at radius 2 is 2.17 bits per heavy atom.